The molecule has 2 aliphatic rings. The van der Waals surface area contributed by atoms with E-state index in [1.807, 2.05) is 55.8 Å². The minimum absolute atomic E-state index is 0.0978. The van der Waals surface area contributed by atoms with Crippen molar-refractivity contribution in [3.63, 3.8) is 0 Å². The molecule has 2 unspecified atom stereocenters. The second kappa shape index (κ2) is 18.1. The zero-order valence-corrected chi connectivity index (χ0v) is 31.6. The van der Waals surface area contributed by atoms with Crippen molar-refractivity contribution in [2.45, 2.75) is 122 Å². The average Bonchev–Trinajstić information content (AvgIpc) is 3.46. The number of aromatic nitrogens is 1. The fourth-order valence-electron chi connectivity index (χ4n) is 6.93. The number of likely N-dealkylation sites (N-methyl/N-ethyl adjacent to an activating group) is 1. The molecule has 2 fully saturated rings. The fourth-order valence-corrected chi connectivity index (χ4v) is 7.34. The van der Waals surface area contributed by atoms with E-state index in [-0.39, 0.29) is 36.5 Å². The van der Waals surface area contributed by atoms with Gasteiger partial charge in [-0.3, -0.25) is 24.0 Å². The Bertz CT molecular complexity index is 1670. The molecule has 4 amide bonds. The first-order chi connectivity index (χ1) is 24.2. The number of rotatable bonds is 15. The molecule has 14 heteroatoms. The summed E-state index contributed by atoms with van der Waals surface area (Å²) in [6.45, 7) is 6.67. The molecule has 51 heavy (non-hydrogen) atoms. The van der Waals surface area contributed by atoms with E-state index in [0.717, 1.165) is 35.6 Å². The van der Waals surface area contributed by atoms with Gasteiger partial charge in [0, 0.05) is 63.0 Å². The third-order valence-corrected chi connectivity index (χ3v) is 11.8. The zero-order valence-electron chi connectivity index (χ0n) is 30.8. The summed E-state index contributed by atoms with van der Waals surface area (Å²) in [5.41, 5.74) is 1.62. The van der Waals surface area contributed by atoms with Gasteiger partial charge in [0.25, 0.3) is 0 Å². The average molecular weight is 729 g/mol. The monoisotopic (exact) mass is 728 g/mol. The number of Topliss-reactive ketones (excluding diaryl/α,β-unsaturated/α-hetero) is 1. The van der Waals surface area contributed by atoms with Gasteiger partial charge in [0.2, 0.25) is 33.7 Å². The van der Waals surface area contributed by atoms with Crippen LogP contribution in [0.4, 0.5) is 0 Å². The molecule has 13 nitrogen and oxygen atoms in total. The molecule has 2 saturated heterocycles. The van der Waals surface area contributed by atoms with Gasteiger partial charge in [0.05, 0.1) is 6.26 Å². The molecule has 5 atom stereocenters. The second-order valence-corrected chi connectivity index (χ2v) is 16.3. The van der Waals surface area contributed by atoms with Crippen molar-refractivity contribution >= 4 is 50.3 Å². The van der Waals surface area contributed by atoms with E-state index < -0.39 is 46.0 Å². The molecule has 2 aliphatic heterocycles. The van der Waals surface area contributed by atoms with Gasteiger partial charge in [-0.25, -0.2) is 12.7 Å². The number of para-hydroxylation sites is 1. The highest BCUT2D eigenvalue weighted by molar-refractivity contribution is 7.88. The normalized spacial score (nSPS) is 22.8. The molecule has 1 aromatic heterocycles. The topological polar surface area (TPSA) is 167 Å². The number of benzene rings is 1. The molecule has 0 bridgehead atoms. The largest absolute Gasteiger partial charge is 0.346 e. The zero-order chi connectivity index (χ0) is 37.3. The lowest BCUT2D eigenvalue weighted by Gasteiger charge is -2.39. The van der Waals surface area contributed by atoms with E-state index in [0.29, 0.717) is 64.5 Å². The number of ketones is 1. The predicted octanol–water partition coefficient (Wildman–Crippen LogP) is 2.90. The van der Waals surface area contributed by atoms with Crippen molar-refractivity contribution in [2.24, 2.45) is 5.92 Å². The molecule has 4 rings (SSSR count). The van der Waals surface area contributed by atoms with Crippen molar-refractivity contribution in [1.82, 2.24) is 29.7 Å². The van der Waals surface area contributed by atoms with Crippen molar-refractivity contribution in [1.29, 1.82) is 0 Å². The first-order valence-corrected chi connectivity index (χ1v) is 20.3. The lowest BCUT2D eigenvalue weighted by Crippen LogP contribution is -2.64. The number of carbonyl (C=O) groups excluding carboxylic acids is 5. The molecule has 0 radical (unpaired) electrons. The molecule has 3 heterocycles. The molecular weight excluding hydrogens is 673 g/mol. The Morgan fingerprint density at radius 3 is 2.37 bits per heavy atom. The molecular formula is C37H56N6O7S. The molecule has 3 N–H and O–H groups in total. The number of piperidine rings is 1. The quantitative estimate of drug-likeness (QED) is 0.237. The first kappa shape index (κ1) is 40.0. The molecule has 2 aromatic rings. The minimum atomic E-state index is -3.38. The summed E-state index contributed by atoms with van der Waals surface area (Å²) < 4.78 is 27.3. The Balaban J connectivity index is 1.68. The number of nitrogens with one attached hydrogen (secondary N) is 3. The predicted molar refractivity (Wildman–Crippen MR) is 196 cm³/mol. The maximum absolute atomic E-state index is 14.3. The molecule has 1 aromatic carbocycles. The third kappa shape index (κ3) is 10.4. The number of carbonyl (C=O) groups is 5. The summed E-state index contributed by atoms with van der Waals surface area (Å²) in [6, 6.07) is 3.97. The van der Waals surface area contributed by atoms with Crippen LogP contribution in [0.2, 0.25) is 0 Å². The molecule has 0 aliphatic carbocycles. The van der Waals surface area contributed by atoms with Gasteiger partial charge < -0.3 is 25.4 Å². The van der Waals surface area contributed by atoms with E-state index in [9.17, 15) is 32.4 Å². The van der Waals surface area contributed by atoms with Crippen molar-refractivity contribution in [3.05, 3.63) is 36.0 Å². The van der Waals surface area contributed by atoms with Crippen LogP contribution in [0, 0.1) is 5.92 Å². The maximum atomic E-state index is 14.3. The van der Waals surface area contributed by atoms with Gasteiger partial charge in [0.15, 0.2) is 0 Å². The van der Waals surface area contributed by atoms with Gasteiger partial charge in [-0.2, -0.15) is 0 Å². The highest BCUT2D eigenvalue weighted by atomic mass is 32.2. The summed E-state index contributed by atoms with van der Waals surface area (Å²) >= 11 is 0. The van der Waals surface area contributed by atoms with E-state index in [4.69, 9.17) is 0 Å². The SMILES string of the molecule is CCC(=O)CCCCC[C@@H]1NC(=O)C2CCCCN2C(=O)[C@H](C(C)CC)NC(=O)[C@H](Cc2cn(CCN(C)S(C)(=O)=O)c3ccccc23)NC1=O. The Morgan fingerprint density at radius 2 is 1.67 bits per heavy atom. The van der Waals surface area contributed by atoms with Crippen LogP contribution < -0.4 is 16.0 Å². The number of fused-ring (bicyclic) bond motifs is 2. The number of hydrogen-bond donors (Lipinski definition) is 3. The van der Waals surface area contributed by atoms with Gasteiger partial charge in [0.1, 0.15) is 30.0 Å². The van der Waals surface area contributed by atoms with E-state index in [2.05, 4.69) is 16.0 Å². The summed E-state index contributed by atoms with van der Waals surface area (Å²) in [5, 5.41) is 9.72. The number of sulfonamides is 1. The van der Waals surface area contributed by atoms with Crippen LogP contribution in [0.15, 0.2) is 30.5 Å². The first-order valence-electron chi connectivity index (χ1n) is 18.5. The van der Waals surface area contributed by atoms with Gasteiger partial charge in [-0.15, -0.1) is 0 Å². The van der Waals surface area contributed by atoms with E-state index in [1.165, 1.54) is 11.4 Å². The van der Waals surface area contributed by atoms with Crippen LogP contribution in [0.3, 0.4) is 0 Å². The summed E-state index contributed by atoms with van der Waals surface area (Å²) in [5.74, 6) is -1.70. The fraction of sp³-hybridized carbons (Fsp3) is 0.649. The summed E-state index contributed by atoms with van der Waals surface area (Å²) in [4.78, 5) is 69.7. The van der Waals surface area contributed by atoms with Crippen molar-refractivity contribution in [2.75, 3.05) is 26.4 Å². The van der Waals surface area contributed by atoms with Gasteiger partial charge in [-0.1, -0.05) is 58.2 Å². The van der Waals surface area contributed by atoms with Crippen LogP contribution in [-0.4, -0.2) is 102 Å². The number of unbranched alkanes of at least 4 members (excludes halogenated alkanes) is 2. The Morgan fingerprint density at radius 1 is 0.961 bits per heavy atom. The summed E-state index contributed by atoms with van der Waals surface area (Å²) in [6.07, 6.45) is 8.96. The van der Waals surface area contributed by atoms with Crippen molar-refractivity contribution in [3.8, 4) is 0 Å². The molecule has 0 spiro atoms. The second-order valence-electron chi connectivity index (χ2n) is 14.2. The molecule has 0 saturated carbocycles. The highest BCUT2D eigenvalue weighted by Crippen LogP contribution is 2.25. The standard InChI is InChI=1S/C37H56N6O7S/c1-6-25(3)33-37(48)43-20-14-13-19-32(43)36(47)38-29(17-10-8-9-15-27(44)7-2)34(45)39-30(35(46)40-33)23-26-24-42(22-21-41(4)51(5,49)50)31-18-12-11-16-28(26)31/h11-12,16,18,24-25,29-30,32-33H,6-10,13-15,17,19-23H2,1-5H3,(H,38,47)(H,39,45)(H,40,46)/t25?,29-,30-,32?,33-/m0/s1. The van der Waals surface area contributed by atoms with Crippen LogP contribution in [0.25, 0.3) is 10.9 Å². The van der Waals surface area contributed by atoms with Gasteiger partial charge in [-0.05, 0) is 49.7 Å². The Hall–Kier alpha value is -3.78. The molecule has 282 valence electrons. The third-order valence-electron chi connectivity index (χ3n) is 10.5. The van der Waals surface area contributed by atoms with Crippen LogP contribution in [0.5, 0.6) is 0 Å². The smallest absolute Gasteiger partial charge is 0.246 e. The van der Waals surface area contributed by atoms with Crippen LogP contribution in [0.1, 0.15) is 90.5 Å². The Labute approximate surface area is 302 Å². The number of amides is 4. The number of hydrogen-bond acceptors (Lipinski definition) is 7. The van der Waals surface area contributed by atoms with Crippen LogP contribution >= 0.6 is 0 Å². The number of nitrogens with zero attached hydrogens (tertiary/aromatic N) is 3. The van der Waals surface area contributed by atoms with Crippen LogP contribution in [-0.2, 0) is 47.0 Å². The van der Waals surface area contributed by atoms with Crippen molar-refractivity contribution < 1.29 is 32.4 Å². The highest BCUT2D eigenvalue weighted by Gasteiger charge is 2.41. The summed E-state index contributed by atoms with van der Waals surface area (Å²) in [7, 11) is -1.86. The Kier molecular flexibility index (Phi) is 14.2. The lowest BCUT2D eigenvalue weighted by molar-refractivity contribution is -0.147. The van der Waals surface area contributed by atoms with Gasteiger partial charge >= 0.3 is 0 Å². The van der Waals surface area contributed by atoms with E-state index >= 15 is 0 Å². The lowest BCUT2D eigenvalue weighted by atomic mass is 9.93. The minimum Gasteiger partial charge on any atom is -0.346 e. The maximum Gasteiger partial charge on any atom is 0.246 e. The van der Waals surface area contributed by atoms with E-state index in [1.54, 1.807) is 4.90 Å².